The number of aryl methyl sites for hydroxylation is 1. The van der Waals surface area contributed by atoms with Gasteiger partial charge in [-0.25, -0.2) is 9.37 Å². The summed E-state index contributed by atoms with van der Waals surface area (Å²) in [5, 5.41) is 7.60. The third-order valence-corrected chi connectivity index (χ3v) is 5.59. The van der Waals surface area contributed by atoms with E-state index in [1.165, 1.54) is 23.5 Å². The van der Waals surface area contributed by atoms with Crippen LogP contribution >= 0.6 is 11.3 Å². The molecule has 0 radical (unpaired) electrons. The molecule has 0 unspecified atom stereocenters. The van der Waals surface area contributed by atoms with Crippen LogP contribution in [0.15, 0.2) is 34.9 Å². The third-order valence-electron chi connectivity index (χ3n) is 4.38. The van der Waals surface area contributed by atoms with E-state index in [1.54, 1.807) is 18.2 Å². The van der Waals surface area contributed by atoms with E-state index in [2.05, 4.69) is 20.4 Å². The lowest BCUT2D eigenvalue weighted by atomic mass is 10.1. The standard InChI is InChI=1S/C19H19FN4O3S/c1-12-17(28-19(22-12)24-5-7-26-8-6-24)18(25)21-11-15-10-16(23-27-15)13-3-2-4-14(20)9-13/h2-4,9-10H,5-8,11H2,1H3,(H,21,25). The molecule has 7 nitrogen and oxygen atoms in total. The normalized spacial score (nSPS) is 14.3. The molecule has 1 saturated heterocycles. The van der Waals surface area contributed by atoms with Gasteiger partial charge in [-0.15, -0.1) is 0 Å². The lowest BCUT2D eigenvalue weighted by Crippen LogP contribution is -2.36. The Morgan fingerprint density at radius 3 is 2.93 bits per heavy atom. The highest BCUT2D eigenvalue weighted by molar-refractivity contribution is 7.17. The van der Waals surface area contributed by atoms with E-state index in [4.69, 9.17) is 9.26 Å². The molecule has 2 aromatic heterocycles. The second-order valence-electron chi connectivity index (χ2n) is 6.38. The van der Waals surface area contributed by atoms with Crippen LogP contribution in [0.5, 0.6) is 0 Å². The van der Waals surface area contributed by atoms with Crippen LogP contribution in [0.25, 0.3) is 11.3 Å². The molecule has 28 heavy (non-hydrogen) atoms. The van der Waals surface area contributed by atoms with Crippen LogP contribution in [-0.2, 0) is 11.3 Å². The summed E-state index contributed by atoms with van der Waals surface area (Å²) in [7, 11) is 0. The number of rotatable bonds is 5. The molecule has 1 amide bonds. The Balaban J connectivity index is 1.40. The van der Waals surface area contributed by atoms with Crippen molar-refractivity contribution in [1.82, 2.24) is 15.5 Å². The Morgan fingerprint density at radius 2 is 2.14 bits per heavy atom. The Bertz CT molecular complexity index is 981. The number of hydrogen-bond acceptors (Lipinski definition) is 7. The van der Waals surface area contributed by atoms with Crippen molar-refractivity contribution in [2.45, 2.75) is 13.5 Å². The van der Waals surface area contributed by atoms with Gasteiger partial charge in [-0.2, -0.15) is 0 Å². The molecule has 1 N–H and O–H groups in total. The van der Waals surface area contributed by atoms with Crippen molar-refractivity contribution in [3.8, 4) is 11.3 Å². The summed E-state index contributed by atoms with van der Waals surface area (Å²) in [5.74, 6) is -0.0616. The van der Waals surface area contributed by atoms with Gasteiger partial charge in [0.2, 0.25) is 0 Å². The van der Waals surface area contributed by atoms with Crippen LogP contribution < -0.4 is 10.2 Å². The minimum atomic E-state index is -0.341. The molecular formula is C19H19FN4O3S. The molecule has 1 aliphatic rings. The monoisotopic (exact) mass is 402 g/mol. The van der Waals surface area contributed by atoms with Gasteiger partial charge in [-0.3, -0.25) is 4.79 Å². The fraction of sp³-hybridized carbons (Fsp3) is 0.316. The van der Waals surface area contributed by atoms with Crippen LogP contribution in [0.2, 0.25) is 0 Å². The number of morpholine rings is 1. The van der Waals surface area contributed by atoms with E-state index < -0.39 is 0 Å². The third kappa shape index (κ3) is 4.05. The fourth-order valence-corrected chi connectivity index (χ4v) is 3.95. The lowest BCUT2D eigenvalue weighted by molar-refractivity contribution is 0.0950. The first kappa shape index (κ1) is 18.6. The molecule has 146 valence electrons. The maximum atomic E-state index is 13.3. The number of hydrogen-bond donors (Lipinski definition) is 1. The van der Waals surface area contributed by atoms with Crippen molar-refractivity contribution in [3.63, 3.8) is 0 Å². The number of ether oxygens (including phenoxy) is 1. The van der Waals surface area contributed by atoms with Crippen molar-refractivity contribution < 1.29 is 18.4 Å². The quantitative estimate of drug-likeness (QED) is 0.707. The first-order chi connectivity index (χ1) is 13.6. The molecule has 0 atom stereocenters. The second kappa shape index (κ2) is 8.07. The van der Waals surface area contributed by atoms with Crippen LogP contribution in [0.4, 0.5) is 9.52 Å². The number of thiazole rings is 1. The Labute approximate surface area is 165 Å². The van der Waals surface area contributed by atoms with Gasteiger partial charge in [0, 0.05) is 24.7 Å². The number of aromatic nitrogens is 2. The highest BCUT2D eigenvalue weighted by Gasteiger charge is 2.20. The zero-order valence-corrected chi connectivity index (χ0v) is 16.1. The van der Waals surface area contributed by atoms with Gasteiger partial charge in [-0.05, 0) is 19.1 Å². The summed E-state index contributed by atoms with van der Waals surface area (Å²) >= 11 is 1.37. The predicted molar refractivity (Wildman–Crippen MR) is 103 cm³/mol. The molecule has 3 aromatic rings. The summed E-state index contributed by atoms with van der Waals surface area (Å²) in [6, 6.07) is 7.80. The van der Waals surface area contributed by atoms with Crippen LogP contribution in [0.1, 0.15) is 21.1 Å². The van der Waals surface area contributed by atoms with Gasteiger partial charge >= 0.3 is 0 Å². The summed E-state index contributed by atoms with van der Waals surface area (Å²) < 4.78 is 24.0. The summed E-state index contributed by atoms with van der Waals surface area (Å²) in [4.78, 5) is 19.8. The van der Waals surface area contributed by atoms with Gasteiger partial charge in [0.05, 0.1) is 25.5 Å². The van der Waals surface area contributed by atoms with Crippen molar-refractivity contribution in [2.75, 3.05) is 31.2 Å². The van der Waals surface area contributed by atoms with Gasteiger partial charge < -0.3 is 19.5 Å². The Hall–Kier alpha value is -2.78. The summed E-state index contributed by atoms with van der Waals surface area (Å²) in [6.07, 6.45) is 0. The van der Waals surface area contributed by atoms with E-state index in [0.29, 0.717) is 40.8 Å². The first-order valence-corrected chi connectivity index (χ1v) is 9.71. The van der Waals surface area contributed by atoms with Gasteiger partial charge in [0.15, 0.2) is 10.9 Å². The number of halogens is 1. The van der Waals surface area contributed by atoms with E-state index in [9.17, 15) is 9.18 Å². The highest BCUT2D eigenvalue weighted by atomic mass is 32.1. The topological polar surface area (TPSA) is 80.5 Å². The molecule has 4 rings (SSSR count). The largest absolute Gasteiger partial charge is 0.378 e. The lowest BCUT2D eigenvalue weighted by Gasteiger charge is -2.25. The molecule has 9 heteroatoms. The average molecular weight is 402 g/mol. The molecule has 1 fully saturated rings. The number of benzene rings is 1. The van der Waals surface area contributed by atoms with Gasteiger partial charge in [0.25, 0.3) is 5.91 Å². The smallest absolute Gasteiger partial charge is 0.263 e. The van der Waals surface area contributed by atoms with Crippen molar-refractivity contribution in [3.05, 3.63) is 52.5 Å². The number of carbonyl (C=O) groups is 1. The molecule has 3 heterocycles. The first-order valence-electron chi connectivity index (χ1n) is 8.90. The van der Waals surface area contributed by atoms with Crippen LogP contribution in [0, 0.1) is 12.7 Å². The molecular weight excluding hydrogens is 383 g/mol. The van der Waals surface area contributed by atoms with Gasteiger partial charge in [0.1, 0.15) is 16.4 Å². The minimum absolute atomic E-state index is 0.186. The predicted octanol–water partition coefficient (Wildman–Crippen LogP) is 3.01. The van der Waals surface area contributed by atoms with E-state index >= 15 is 0 Å². The number of carbonyl (C=O) groups excluding carboxylic acids is 1. The van der Waals surface area contributed by atoms with E-state index in [0.717, 1.165) is 18.2 Å². The van der Waals surface area contributed by atoms with E-state index in [1.807, 2.05) is 6.92 Å². The zero-order valence-electron chi connectivity index (χ0n) is 15.3. The molecule has 1 aliphatic heterocycles. The van der Waals surface area contributed by atoms with E-state index in [-0.39, 0.29) is 18.3 Å². The van der Waals surface area contributed by atoms with Crippen molar-refractivity contribution in [2.24, 2.45) is 0 Å². The van der Waals surface area contributed by atoms with Crippen LogP contribution in [-0.4, -0.2) is 42.4 Å². The molecule has 0 aliphatic carbocycles. The average Bonchev–Trinajstić information content (AvgIpc) is 3.34. The highest BCUT2D eigenvalue weighted by Crippen LogP contribution is 2.27. The second-order valence-corrected chi connectivity index (χ2v) is 7.36. The van der Waals surface area contributed by atoms with Crippen molar-refractivity contribution in [1.29, 1.82) is 0 Å². The van der Waals surface area contributed by atoms with Crippen LogP contribution in [0.3, 0.4) is 0 Å². The Kier molecular flexibility index (Phi) is 5.36. The maximum absolute atomic E-state index is 13.3. The van der Waals surface area contributed by atoms with Crippen molar-refractivity contribution >= 4 is 22.4 Å². The molecule has 0 bridgehead atoms. The fourth-order valence-electron chi connectivity index (χ4n) is 2.91. The molecule has 0 spiro atoms. The molecule has 0 saturated carbocycles. The summed E-state index contributed by atoms with van der Waals surface area (Å²) in [6.45, 7) is 4.89. The minimum Gasteiger partial charge on any atom is -0.378 e. The SMILES string of the molecule is Cc1nc(N2CCOCC2)sc1C(=O)NCc1cc(-c2cccc(F)c2)no1. The zero-order chi connectivity index (χ0) is 19.5. The van der Waals surface area contributed by atoms with Gasteiger partial charge in [-0.1, -0.05) is 28.6 Å². The number of anilines is 1. The number of nitrogens with one attached hydrogen (secondary N) is 1. The number of amides is 1. The maximum Gasteiger partial charge on any atom is 0.263 e. The molecule has 1 aromatic carbocycles. The number of nitrogens with zero attached hydrogens (tertiary/aromatic N) is 3. The Morgan fingerprint density at radius 1 is 1.32 bits per heavy atom. The summed E-state index contributed by atoms with van der Waals surface area (Å²) in [5.41, 5.74) is 1.84.